The Bertz CT molecular complexity index is 320. The number of aliphatic carboxylic acids is 1. The number of carbonyl (C=O) groups is 2. The summed E-state index contributed by atoms with van der Waals surface area (Å²) in [4.78, 5) is 22.2. The smallest absolute Gasteiger partial charge is 0.313 e. The molecule has 1 aliphatic rings. The van der Waals surface area contributed by atoms with Gasteiger partial charge in [0, 0.05) is 0 Å². The second-order valence-electron chi connectivity index (χ2n) is 3.74. The number of nitrogens with one attached hydrogen (secondary N) is 1. The number of rotatable bonds is 3. The van der Waals surface area contributed by atoms with Crippen molar-refractivity contribution in [2.75, 3.05) is 13.2 Å². The van der Waals surface area contributed by atoms with Crippen LogP contribution in [0.4, 0.5) is 0 Å². The number of hydrogen-bond donors (Lipinski definition) is 2. The van der Waals surface area contributed by atoms with Crippen LogP contribution in [-0.4, -0.2) is 36.2 Å². The molecule has 0 bridgehead atoms. The molecule has 15 heavy (non-hydrogen) atoms. The Labute approximate surface area is 87.8 Å². The highest BCUT2D eigenvalue weighted by Crippen LogP contribution is 2.28. The number of carboxylic acid groups (broad SMARTS) is 1. The molecule has 5 heteroatoms. The fraction of sp³-hybridized carbons (Fsp3) is 0.600. The van der Waals surface area contributed by atoms with E-state index in [0.29, 0.717) is 0 Å². The molecule has 0 aromatic rings. The molecule has 5 nitrogen and oxygen atoms in total. The highest BCUT2D eigenvalue weighted by molar-refractivity contribution is 5.81. The normalized spacial score (nSPS) is 29.5. The Morgan fingerprint density at radius 1 is 1.73 bits per heavy atom. The summed E-state index contributed by atoms with van der Waals surface area (Å²) in [6, 6.07) is -0.518. The highest BCUT2D eigenvalue weighted by atomic mass is 16.5. The third kappa shape index (κ3) is 2.28. The Morgan fingerprint density at radius 3 is 2.93 bits per heavy atom. The van der Waals surface area contributed by atoms with Crippen molar-refractivity contribution in [3.63, 3.8) is 0 Å². The maximum atomic E-state index is 11.2. The zero-order valence-electron chi connectivity index (χ0n) is 8.45. The third-order valence-electron chi connectivity index (χ3n) is 2.54. The molecule has 1 amide bonds. The van der Waals surface area contributed by atoms with Gasteiger partial charge in [0.15, 0.2) is 0 Å². The van der Waals surface area contributed by atoms with E-state index in [1.807, 2.05) is 0 Å². The van der Waals surface area contributed by atoms with E-state index < -0.39 is 17.4 Å². The van der Waals surface area contributed by atoms with E-state index in [-0.39, 0.29) is 25.5 Å². The predicted octanol–water partition coefficient (Wildman–Crippen LogP) is -0.384. The largest absolute Gasteiger partial charge is 0.481 e. The maximum absolute atomic E-state index is 11.2. The van der Waals surface area contributed by atoms with Gasteiger partial charge in [-0.05, 0) is 6.92 Å². The number of ether oxygens (including phenoxy) is 1. The van der Waals surface area contributed by atoms with Crippen LogP contribution in [0.5, 0.6) is 0 Å². The van der Waals surface area contributed by atoms with Gasteiger partial charge < -0.3 is 15.2 Å². The van der Waals surface area contributed by atoms with Gasteiger partial charge in [-0.3, -0.25) is 9.59 Å². The van der Waals surface area contributed by atoms with Crippen LogP contribution in [0, 0.1) is 17.8 Å². The number of hydrogen-bond acceptors (Lipinski definition) is 3. The molecular formula is C10H13NO4. The summed E-state index contributed by atoms with van der Waals surface area (Å²) in [6.45, 7) is 1.85. The van der Waals surface area contributed by atoms with Crippen molar-refractivity contribution in [3.05, 3.63) is 0 Å². The van der Waals surface area contributed by atoms with E-state index >= 15 is 0 Å². The van der Waals surface area contributed by atoms with E-state index in [1.165, 1.54) is 0 Å². The van der Waals surface area contributed by atoms with Crippen LogP contribution in [0.2, 0.25) is 0 Å². The first-order chi connectivity index (χ1) is 7.00. The minimum absolute atomic E-state index is 0.0494. The number of carbonyl (C=O) groups excluding carboxylic acids is 1. The average molecular weight is 211 g/mol. The molecule has 0 aromatic carbocycles. The Kier molecular flexibility index (Phi) is 3.32. The van der Waals surface area contributed by atoms with Crippen LogP contribution in [0.1, 0.15) is 13.3 Å². The molecule has 0 radical (unpaired) electrons. The van der Waals surface area contributed by atoms with E-state index in [4.69, 9.17) is 16.3 Å². The summed E-state index contributed by atoms with van der Waals surface area (Å²) in [6.07, 6.45) is 4.92. The molecule has 82 valence electrons. The second kappa shape index (κ2) is 4.32. The predicted molar refractivity (Wildman–Crippen MR) is 51.9 cm³/mol. The maximum Gasteiger partial charge on any atom is 0.313 e. The first kappa shape index (κ1) is 11.5. The minimum atomic E-state index is -1.07. The van der Waals surface area contributed by atoms with Crippen molar-refractivity contribution in [3.8, 4) is 12.3 Å². The molecule has 0 aromatic heterocycles. The molecule has 1 aliphatic heterocycles. The molecule has 1 rings (SSSR count). The average Bonchev–Trinajstić information content (AvgIpc) is 2.50. The van der Waals surface area contributed by atoms with Crippen LogP contribution in [0.15, 0.2) is 0 Å². The first-order valence-electron chi connectivity index (χ1n) is 4.54. The Balaban J connectivity index is 2.66. The van der Waals surface area contributed by atoms with Gasteiger partial charge in [-0.25, -0.2) is 0 Å². The second-order valence-corrected chi connectivity index (χ2v) is 3.74. The van der Waals surface area contributed by atoms with Crippen LogP contribution in [0.25, 0.3) is 0 Å². The molecule has 0 saturated carbocycles. The fourth-order valence-electron chi connectivity index (χ4n) is 1.42. The van der Waals surface area contributed by atoms with Gasteiger partial charge in [-0.2, -0.15) is 0 Å². The van der Waals surface area contributed by atoms with Gasteiger partial charge >= 0.3 is 5.97 Å². The highest BCUT2D eigenvalue weighted by Gasteiger charge is 2.47. The first-order valence-corrected chi connectivity index (χ1v) is 4.54. The molecular weight excluding hydrogens is 198 g/mol. The third-order valence-corrected chi connectivity index (χ3v) is 2.54. The van der Waals surface area contributed by atoms with Gasteiger partial charge in [0.05, 0.1) is 25.7 Å². The van der Waals surface area contributed by atoms with E-state index in [2.05, 4.69) is 11.2 Å². The minimum Gasteiger partial charge on any atom is -0.481 e. The molecule has 1 heterocycles. The lowest BCUT2D eigenvalue weighted by molar-refractivity contribution is -0.149. The number of terminal acetylenes is 1. The zero-order chi connectivity index (χ0) is 11.5. The monoisotopic (exact) mass is 211 g/mol. The van der Waals surface area contributed by atoms with Crippen molar-refractivity contribution in [2.24, 2.45) is 5.41 Å². The summed E-state index contributed by atoms with van der Waals surface area (Å²) < 4.78 is 5.07. The molecule has 2 unspecified atom stereocenters. The van der Waals surface area contributed by atoms with E-state index in [9.17, 15) is 9.59 Å². The van der Waals surface area contributed by atoms with Crippen molar-refractivity contribution < 1.29 is 19.4 Å². The van der Waals surface area contributed by atoms with Crippen molar-refractivity contribution in [1.29, 1.82) is 0 Å². The van der Waals surface area contributed by atoms with Crippen LogP contribution >= 0.6 is 0 Å². The standard InChI is InChI=1S/C10H13NO4/c1-3-4-8(12)11-7-5-15-6-10(7,2)9(13)14/h1,7H,4-6H2,2H3,(H,11,12)(H,13,14). The van der Waals surface area contributed by atoms with E-state index in [0.717, 1.165) is 0 Å². The van der Waals surface area contributed by atoms with Gasteiger partial charge in [0.25, 0.3) is 0 Å². The Morgan fingerprint density at radius 2 is 2.40 bits per heavy atom. The summed E-state index contributed by atoms with van der Waals surface area (Å²) in [5.41, 5.74) is -1.07. The summed E-state index contributed by atoms with van der Waals surface area (Å²) in [7, 11) is 0. The quantitative estimate of drug-likeness (QED) is 0.624. The van der Waals surface area contributed by atoms with Crippen molar-refractivity contribution >= 4 is 11.9 Å². The molecule has 0 aliphatic carbocycles. The van der Waals surface area contributed by atoms with E-state index in [1.54, 1.807) is 6.92 Å². The van der Waals surface area contributed by atoms with Crippen LogP contribution in [0.3, 0.4) is 0 Å². The Hall–Kier alpha value is -1.54. The lowest BCUT2D eigenvalue weighted by atomic mass is 9.85. The molecule has 1 saturated heterocycles. The number of amides is 1. The lowest BCUT2D eigenvalue weighted by Gasteiger charge is -2.25. The van der Waals surface area contributed by atoms with Gasteiger partial charge in [0.1, 0.15) is 5.41 Å². The molecule has 0 spiro atoms. The summed E-state index contributed by atoms with van der Waals surface area (Å²) in [5, 5.41) is 11.6. The lowest BCUT2D eigenvalue weighted by Crippen LogP contribution is -2.49. The molecule has 2 N–H and O–H groups in total. The fourth-order valence-corrected chi connectivity index (χ4v) is 1.42. The van der Waals surface area contributed by atoms with Gasteiger partial charge in [-0.1, -0.05) is 5.92 Å². The molecule has 1 fully saturated rings. The van der Waals surface area contributed by atoms with Crippen molar-refractivity contribution in [1.82, 2.24) is 5.32 Å². The molecule has 2 atom stereocenters. The summed E-state index contributed by atoms with van der Waals surface area (Å²) >= 11 is 0. The van der Waals surface area contributed by atoms with Crippen molar-refractivity contribution in [2.45, 2.75) is 19.4 Å². The van der Waals surface area contributed by atoms with Crippen LogP contribution in [-0.2, 0) is 14.3 Å². The van der Waals surface area contributed by atoms with Gasteiger partial charge in [-0.15, -0.1) is 6.42 Å². The zero-order valence-corrected chi connectivity index (χ0v) is 8.45. The topological polar surface area (TPSA) is 75.6 Å². The summed E-state index contributed by atoms with van der Waals surface area (Å²) in [5.74, 6) is 0.870. The number of carboxylic acids is 1. The van der Waals surface area contributed by atoms with Gasteiger partial charge in [0.2, 0.25) is 5.91 Å². The van der Waals surface area contributed by atoms with Crippen LogP contribution < -0.4 is 5.32 Å². The SMILES string of the molecule is C#CCC(=O)NC1COCC1(C)C(=O)O.